The standard InChI is InChI=1S/C34H19Cl4N3O6/c35-26-3-1-4-27(36)31(26)39-18-20-7-12-23(13-8-20)46-33(42)22-11-16-25(30(17-22)41(44)45)34(43)47-24-14-9-21(10-15-24)19-40-32-28(37)5-2-6-29(32)38/h1-19H. The third-order valence-corrected chi connectivity index (χ3v) is 7.61. The van der Waals surface area contributed by atoms with Gasteiger partial charge in [0.05, 0.1) is 30.6 Å². The molecule has 5 rings (SSSR count). The van der Waals surface area contributed by atoms with E-state index in [9.17, 15) is 19.7 Å². The van der Waals surface area contributed by atoms with Crippen molar-refractivity contribution in [2.45, 2.75) is 0 Å². The average Bonchev–Trinajstić information content (AvgIpc) is 3.05. The van der Waals surface area contributed by atoms with Gasteiger partial charge in [-0.15, -0.1) is 0 Å². The molecule has 0 radical (unpaired) electrons. The Balaban J connectivity index is 1.24. The van der Waals surface area contributed by atoms with Crippen LogP contribution < -0.4 is 9.47 Å². The van der Waals surface area contributed by atoms with Crippen molar-refractivity contribution in [3.05, 3.63) is 156 Å². The minimum Gasteiger partial charge on any atom is -0.423 e. The van der Waals surface area contributed by atoms with Gasteiger partial charge in [-0.3, -0.25) is 20.1 Å². The number of carbonyl (C=O) groups excluding carboxylic acids is 2. The van der Waals surface area contributed by atoms with E-state index in [0.717, 1.165) is 12.1 Å². The summed E-state index contributed by atoms with van der Waals surface area (Å²) in [6.07, 6.45) is 3.07. The zero-order valence-corrected chi connectivity index (χ0v) is 26.8. The molecular weight excluding hydrogens is 688 g/mol. The minimum absolute atomic E-state index is 0.129. The Labute approximate surface area is 287 Å². The molecule has 0 aliphatic heterocycles. The molecule has 5 aromatic carbocycles. The number of benzene rings is 5. The molecule has 13 heteroatoms. The van der Waals surface area contributed by atoms with E-state index in [-0.39, 0.29) is 22.6 Å². The minimum atomic E-state index is -0.990. The monoisotopic (exact) mass is 705 g/mol. The highest BCUT2D eigenvalue weighted by Gasteiger charge is 2.25. The lowest BCUT2D eigenvalue weighted by Gasteiger charge is -2.08. The summed E-state index contributed by atoms with van der Waals surface area (Å²) in [7, 11) is 0. The molecule has 0 fully saturated rings. The van der Waals surface area contributed by atoms with Crippen molar-refractivity contribution in [2.75, 3.05) is 0 Å². The molecule has 0 aromatic heterocycles. The quantitative estimate of drug-likeness (QED) is 0.0494. The molecule has 9 nitrogen and oxygen atoms in total. The summed E-state index contributed by atoms with van der Waals surface area (Å²) in [5.74, 6) is -1.55. The van der Waals surface area contributed by atoms with E-state index in [1.54, 1.807) is 66.9 Å². The van der Waals surface area contributed by atoms with Crippen LogP contribution in [0.15, 0.2) is 113 Å². The molecule has 0 saturated heterocycles. The molecule has 0 heterocycles. The van der Waals surface area contributed by atoms with Crippen LogP contribution in [0.25, 0.3) is 0 Å². The van der Waals surface area contributed by atoms with Crippen molar-refractivity contribution in [3.63, 3.8) is 0 Å². The number of carbonyl (C=O) groups is 2. The molecular formula is C34H19Cl4N3O6. The molecule has 234 valence electrons. The van der Waals surface area contributed by atoms with Crippen molar-refractivity contribution >= 4 is 87.8 Å². The number of rotatable bonds is 9. The number of nitro benzene ring substituents is 1. The second-order valence-corrected chi connectivity index (χ2v) is 11.2. The number of halogens is 4. The Hall–Kier alpha value is -5.06. The first kappa shape index (κ1) is 33.3. The van der Waals surface area contributed by atoms with E-state index in [1.807, 2.05) is 0 Å². The van der Waals surface area contributed by atoms with Crippen LogP contribution in [0, 0.1) is 10.1 Å². The van der Waals surface area contributed by atoms with Gasteiger partial charge >= 0.3 is 11.9 Å². The van der Waals surface area contributed by atoms with Crippen LogP contribution in [-0.2, 0) is 0 Å². The fourth-order valence-electron chi connectivity index (χ4n) is 4.06. The summed E-state index contributed by atoms with van der Waals surface area (Å²) < 4.78 is 10.7. The second-order valence-electron chi connectivity index (χ2n) is 9.56. The lowest BCUT2D eigenvalue weighted by atomic mass is 10.1. The first-order chi connectivity index (χ1) is 22.6. The summed E-state index contributed by atoms with van der Waals surface area (Å²) >= 11 is 24.5. The smallest absolute Gasteiger partial charge is 0.350 e. The molecule has 0 bridgehead atoms. The lowest BCUT2D eigenvalue weighted by Crippen LogP contribution is -2.14. The SMILES string of the molecule is O=C(Oc1ccc(C=Nc2c(Cl)cccc2Cl)cc1)c1ccc(C(=O)Oc2ccc(C=Nc3c(Cl)cccc3Cl)cc2)c([N+](=O)[O-])c1. The van der Waals surface area contributed by atoms with Crippen LogP contribution in [0.2, 0.25) is 20.1 Å². The van der Waals surface area contributed by atoms with E-state index in [0.29, 0.717) is 42.6 Å². The summed E-state index contributed by atoms with van der Waals surface area (Å²) in [5.41, 5.74) is 1.02. The van der Waals surface area contributed by atoms with Gasteiger partial charge in [0.25, 0.3) is 5.69 Å². The van der Waals surface area contributed by atoms with Crippen molar-refractivity contribution in [1.29, 1.82) is 0 Å². The maximum atomic E-state index is 12.9. The fraction of sp³-hybridized carbons (Fsp3) is 0. The van der Waals surface area contributed by atoms with Gasteiger partial charge in [-0.2, -0.15) is 0 Å². The predicted octanol–water partition coefficient (Wildman–Crippen LogP) is 10.1. The van der Waals surface area contributed by atoms with E-state index in [4.69, 9.17) is 55.9 Å². The molecule has 0 saturated carbocycles. The predicted molar refractivity (Wildman–Crippen MR) is 183 cm³/mol. The third kappa shape index (κ3) is 8.41. The summed E-state index contributed by atoms with van der Waals surface area (Å²) in [5, 5.41) is 13.4. The van der Waals surface area contributed by atoms with Gasteiger partial charge in [0.2, 0.25) is 0 Å². The third-order valence-electron chi connectivity index (χ3n) is 6.39. The lowest BCUT2D eigenvalue weighted by molar-refractivity contribution is -0.385. The highest BCUT2D eigenvalue weighted by atomic mass is 35.5. The number of nitrogens with zero attached hydrogens (tertiary/aromatic N) is 3. The molecule has 0 N–H and O–H groups in total. The van der Waals surface area contributed by atoms with Gasteiger partial charge < -0.3 is 9.47 Å². The Kier molecular flexibility index (Phi) is 10.6. The number of ether oxygens (including phenoxy) is 2. The highest BCUT2D eigenvalue weighted by molar-refractivity contribution is 6.39. The molecule has 0 unspecified atom stereocenters. The topological polar surface area (TPSA) is 120 Å². The number of aliphatic imine (C=N–C) groups is 2. The van der Waals surface area contributed by atoms with Crippen molar-refractivity contribution in [2.24, 2.45) is 9.98 Å². The van der Waals surface area contributed by atoms with Gasteiger partial charge in [-0.05, 0) is 96.1 Å². The van der Waals surface area contributed by atoms with Gasteiger partial charge in [-0.1, -0.05) is 58.5 Å². The summed E-state index contributed by atoms with van der Waals surface area (Å²) in [4.78, 5) is 45.3. The van der Waals surface area contributed by atoms with Gasteiger partial charge in [0, 0.05) is 18.5 Å². The van der Waals surface area contributed by atoms with Gasteiger partial charge in [0.15, 0.2) is 0 Å². The molecule has 0 atom stereocenters. The van der Waals surface area contributed by atoms with E-state index in [1.165, 1.54) is 36.5 Å². The van der Waals surface area contributed by atoms with Gasteiger partial charge in [0.1, 0.15) is 28.4 Å². The maximum absolute atomic E-state index is 12.9. The number of hydrogen-bond acceptors (Lipinski definition) is 8. The molecule has 47 heavy (non-hydrogen) atoms. The number of para-hydroxylation sites is 2. The Bertz CT molecular complexity index is 2010. The molecule has 0 aliphatic rings. The zero-order chi connectivity index (χ0) is 33.5. The number of esters is 2. The summed E-state index contributed by atoms with van der Waals surface area (Å²) in [6.45, 7) is 0. The van der Waals surface area contributed by atoms with Crippen molar-refractivity contribution in [1.82, 2.24) is 0 Å². The van der Waals surface area contributed by atoms with Crippen LogP contribution in [0.3, 0.4) is 0 Å². The van der Waals surface area contributed by atoms with E-state index >= 15 is 0 Å². The first-order valence-corrected chi connectivity index (χ1v) is 15.0. The Morgan fingerprint density at radius 3 is 1.47 bits per heavy atom. The van der Waals surface area contributed by atoms with Crippen LogP contribution in [-0.4, -0.2) is 29.3 Å². The average molecular weight is 707 g/mol. The van der Waals surface area contributed by atoms with E-state index in [2.05, 4.69) is 9.98 Å². The molecule has 0 aliphatic carbocycles. The Morgan fingerprint density at radius 1 is 0.617 bits per heavy atom. The second kappa shape index (κ2) is 15.0. The highest BCUT2D eigenvalue weighted by Crippen LogP contribution is 2.33. The maximum Gasteiger partial charge on any atom is 0.350 e. The van der Waals surface area contributed by atoms with Crippen molar-refractivity contribution in [3.8, 4) is 11.5 Å². The normalized spacial score (nSPS) is 11.1. The first-order valence-electron chi connectivity index (χ1n) is 13.5. The van der Waals surface area contributed by atoms with Crippen LogP contribution >= 0.6 is 46.4 Å². The number of nitro groups is 1. The van der Waals surface area contributed by atoms with Crippen LogP contribution in [0.5, 0.6) is 11.5 Å². The summed E-state index contributed by atoms with van der Waals surface area (Å²) in [6, 6.07) is 26.0. The molecule has 0 amide bonds. The fourth-order valence-corrected chi connectivity index (χ4v) is 5.05. The largest absolute Gasteiger partial charge is 0.423 e. The van der Waals surface area contributed by atoms with Crippen LogP contribution in [0.1, 0.15) is 31.8 Å². The molecule has 5 aromatic rings. The zero-order valence-electron chi connectivity index (χ0n) is 23.8. The van der Waals surface area contributed by atoms with Gasteiger partial charge in [-0.25, -0.2) is 9.59 Å². The molecule has 0 spiro atoms. The Morgan fingerprint density at radius 2 is 1.04 bits per heavy atom. The van der Waals surface area contributed by atoms with Crippen molar-refractivity contribution < 1.29 is 24.0 Å². The number of hydrogen-bond donors (Lipinski definition) is 0. The van der Waals surface area contributed by atoms with E-state index < -0.39 is 22.5 Å². The van der Waals surface area contributed by atoms with Crippen LogP contribution in [0.4, 0.5) is 17.1 Å².